The third-order valence-electron chi connectivity index (χ3n) is 1.90. The molecule has 0 radical (unpaired) electrons. The van der Waals surface area contributed by atoms with Gasteiger partial charge in [0.2, 0.25) is 5.70 Å². The summed E-state index contributed by atoms with van der Waals surface area (Å²) in [7, 11) is 0. The molecule has 0 N–H and O–H groups in total. The second-order valence-corrected chi connectivity index (χ2v) is 2.89. The van der Waals surface area contributed by atoms with Crippen molar-refractivity contribution >= 4 is 6.08 Å². The fourth-order valence-electron chi connectivity index (χ4n) is 1.10. The molecule has 1 rings (SSSR count). The van der Waals surface area contributed by atoms with Crippen LogP contribution in [0.4, 0.5) is 8.78 Å². The van der Waals surface area contributed by atoms with Gasteiger partial charge in [0.1, 0.15) is 0 Å². The maximum Gasteiger partial charge on any atom is 0.246 e. The maximum atomic E-state index is 13.1. The fraction of sp³-hybridized carbons (Fsp3) is 0.200. The molecule has 0 saturated heterocycles. The van der Waals surface area contributed by atoms with Crippen molar-refractivity contribution in [3.8, 4) is 0 Å². The minimum Gasteiger partial charge on any atom is -0.259 e. The first-order valence-corrected chi connectivity index (χ1v) is 4.35. The molecule has 0 heterocycles. The number of halogens is 2. The minimum absolute atomic E-state index is 0.108. The van der Waals surface area contributed by atoms with E-state index in [1.807, 2.05) is 0 Å². The van der Waals surface area contributed by atoms with Gasteiger partial charge < -0.3 is 0 Å². The quantitative estimate of drug-likeness (QED) is 0.572. The predicted octanol–water partition coefficient (Wildman–Crippen LogP) is 2.99. The molecule has 0 unspecified atom stereocenters. The zero-order valence-electron chi connectivity index (χ0n) is 8.04. The molecule has 0 aliphatic heterocycles. The molecule has 1 aromatic rings. The van der Waals surface area contributed by atoms with Gasteiger partial charge in [-0.25, -0.2) is 8.78 Å². The lowest BCUT2D eigenvalue weighted by Gasteiger charge is -1.98. The number of benzene rings is 1. The summed E-state index contributed by atoms with van der Waals surface area (Å²) in [6, 6.07) is 3.56. The number of nitro groups is 1. The van der Waals surface area contributed by atoms with Crippen molar-refractivity contribution in [2.24, 2.45) is 0 Å². The number of hydrogen-bond donors (Lipinski definition) is 0. The van der Waals surface area contributed by atoms with Gasteiger partial charge in [-0.3, -0.25) is 10.1 Å². The van der Waals surface area contributed by atoms with Gasteiger partial charge in [-0.1, -0.05) is 19.1 Å². The van der Waals surface area contributed by atoms with E-state index < -0.39 is 16.6 Å². The Hall–Kier alpha value is -1.78. The average molecular weight is 213 g/mol. The van der Waals surface area contributed by atoms with E-state index in [2.05, 4.69) is 0 Å². The topological polar surface area (TPSA) is 43.1 Å². The first kappa shape index (κ1) is 11.3. The molecule has 0 atom stereocenters. The summed E-state index contributed by atoms with van der Waals surface area (Å²) in [5, 5.41) is 10.5. The monoisotopic (exact) mass is 213 g/mol. The van der Waals surface area contributed by atoms with Crippen molar-refractivity contribution in [2.45, 2.75) is 13.3 Å². The van der Waals surface area contributed by atoms with Gasteiger partial charge in [0.25, 0.3) is 0 Å². The van der Waals surface area contributed by atoms with Crippen molar-refractivity contribution in [3.63, 3.8) is 0 Å². The second kappa shape index (κ2) is 4.63. The summed E-state index contributed by atoms with van der Waals surface area (Å²) in [4.78, 5) is 9.85. The van der Waals surface area contributed by atoms with Gasteiger partial charge in [0.15, 0.2) is 11.6 Å². The summed E-state index contributed by atoms with van der Waals surface area (Å²) in [5.74, 6) is -2.08. The molecule has 0 spiro atoms. The molecule has 3 nitrogen and oxygen atoms in total. The Balaban J connectivity index is 3.17. The number of allylic oxidation sites excluding steroid dienone is 1. The van der Waals surface area contributed by atoms with Crippen LogP contribution in [0.2, 0.25) is 0 Å². The van der Waals surface area contributed by atoms with Crippen molar-refractivity contribution in [3.05, 3.63) is 51.2 Å². The van der Waals surface area contributed by atoms with Crippen molar-refractivity contribution in [1.29, 1.82) is 0 Å². The zero-order valence-corrected chi connectivity index (χ0v) is 8.04. The van der Waals surface area contributed by atoms with Crippen LogP contribution in [0.5, 0.6) is 0 Å². The Labute approximate surface area is 85.2 Å². The molecule has 80 valence electrons. The van der Waals surface area contributed by atoms with Crippen LogP contribution < -0.4 is 0 Å². The smallest absolute Gasteiger partial charge is 0.246 e. The highest BCUT2D eigenvalue weighted by Gasteiger charge is 2.11. The Morgan fingerprint density at radius 1 is 1.53 bits per heavy atom. The molecular weight excluding hydrogens is 204 g/mol. The Kier molecular flexibility index (Phi) is 3.49. The van der Waals surface area contributed by atoms with Crippen molar-refractivity contribution in [2.75, 3.05) is 0 Å². The van der Waals surface area contributed by atoms with E-state index in [-0.39, 0.29) is 17.7 Å². The molecule has 0 bridgehead atoms. The van der Waals surface area contributed by atoms with Crippen LogP contribution >= 0.6 is 0 Å². The first-order chi connectivity index (χ1) is 7.06. The molecular formula is C10H9F2NO2. The van der Waals surface area contributed by atoms with Gasteiger partial charge in [-0.05, 0) is 6.07 Å². The van der Waals surface area contributed by atoms with E-state index in [0.717, 1.165) is 12.1 Å². The number of hydrogen-bond acceptors (Lipinski definition) is 2. The van der Waals surface area contributed by atoms with Gasteiger partial charge in [0.05, 0.1) is 4.92 Å². The predicted molar refractivity (Wildman–Crippen MR) is 51.6 cm³/mol. The maximum absolute atomic E-state index is 13.1. The first-order valence-electron chi connectivity index (χ1n) is 4.35. The lowest BCUT2D eigenvalue weighted by Crippen LogP contribution is -1.98. The minimum atomic E-state index is -1.06. The van der Waals surface area contributed by atoms with Crippen molar-refractivity contribution < 1.29 is 13.7 Å². The van der Waals surface area contributed by atoms with Crippen LogP contribution in [-0.4, -0.2) is 4.92 Å². The second-order valence-electron chi connectivity index (χ2n) is 2.89. The van der Waals surface area contributed by atoms with Gasteiger partial charge in [-0.2, -0.15) is 0 Å². The fourth-order valence-corrected chi connectivity index (χ4v) is 1.10. The summed E-state index contributed by atoms with van der Waals surface area (Å²) in [6.45, 7) is 1.58. The Bertz CT molecular complexity index is 416. The molecule has 15 heavy (non-hydrogen) atoms. The van der Waals surface area contributed by atoms with E-state index >= 15 is 0 Å². The zero-order chi connectivity index (χ0) is 11.4. The van der Waals surface area contributed by atoms with Gasteiger partial charge in [-0.15, -0.1) is 0 Å². The highest BCUT2D eigenvalue weighted by atomic mass is 19.2. The largest absolute Gasteiger partial charge is 0.259 e. The Morgan fingerprint density at radius 2 is 2.20 bits per heavy atom. The summed E-state index contributed by atoms with van der Waals surface area (Å²) < 4.78 is 25.9. The van der Waals surface area contributed by atoms with Crippen LogP contribution in [-0.2, 0) is 0 Å². The van der Waals surface area contributed by atoms with Crippen LogP contribution in [0.25, 0.3) is 6.08 Å². The van der Waals surface area contributed by atoms with Crippen LogP contribution in [0.15, 0.2) is 23.9 Å². The summed E-state index contributed by atoms with van der Waals surface area (Å²) in [6.07, 6.45) is 1.20. The molecule has 0 saturated carbocycles. The molecule has 0 aromatic heterocycles. The van der Waals surface area contributed by atoms with Crippen LogP contribution in [0.1, 0.15) is 18.9 Å². The third-order valence-corrected chi connectivity index (χ3v) is 1.90. The van der Waals surface area contributed by atoms with Gasteiger partial charge in [0, 0.05) is 18.1 Å². The molecule has 0 aliphatic rings. The number of rotatable bonds is 3. The molecule has 0 fully saturated rings. The Morgan fingerprint density at radius 3 is 2.73 bits per heavy atom. The highest BCUT2D eigenvalue weighted by molar-refractivity contribution is 5.51. The molecule has 0 amide bonds. The van der Waals surface area contributed by atoms with E-state index in [4.69, 9.17) is 0 Å². The van der Waals surface area contributed by atoms with E-state index in [0.29, 0.717) is 0 Å². The standard InChI is InChI=1S/C10H9F2NO2/c1-2-8(13(14)15)6-7-4-3-5-9(11)10(7)12/h3-6H,2H2,1H3. The average Bonchev–Trinajstić information content (AvgIpc) is 2.19. The van der Waals surface area contributed by atoms with E-state index in [1.54, 1.807) is 6.92 Å². The summed E-state index contributed by atoms with van der Waals surface area (Å²) >= 11 is 0. The number of nitrogens with zero attached hydrogens (tertiary/aromatic N) is 1. The normalized spacial score (nSPS) is 11.5. The molecule has 0 aliphatic carbocycles. The van der Waals surface area contributed by atoms with E-state index in [1.165, 1.54) is 12.1 Å². The van der Waals surface area contributed by atoms with Crippen LogP contribution in [0.3, 0.4) is 0 Å². The molecule has 1 aromatic carbocycles. The van der Waals surface area contributed by atoms with Crippen LogP contribution in [0, 0.1) is 21.7 Å². The highest BCUT2D eigenvalue weighted by Crippen LogP contribution is 2.16. The molecule has 5 heteroatoms. The SMILES string of the molecule is CCC(=Cc1cccc(F)c1F)[N+](=O)[O-]. The third kappa shape index (κ3) is 2.59. The van der Waals surface area contributed by atoms with Gasteiger partial charge >= 0.3 is 0 Å². The summed E-state index contributed by atoms with van der Waals surface area (Å²) in [5.41, 5.74) is -0.261. The van der Waals surface area contributed by atoms with Crippen molar-refractivity contribution in [1.82, 2.24) is 0 Å². The van der Waals surface area contributed by atoms with E-state index in [9.17, 15) is 18.9 Å². The lowest BCUT2D eigenvalue weighted by atomic mass is 10.1. The lowest BCUT2D eigenvalue weighted by molar-refractivity contribution is -0.425.